The first kappa shape index (κ1) is 18.6. The van der Waals surface area contributed by atoms with Crippen LogP contribution in [0.1, 0.15) is 23.0 Å². The Morgan fingerprint density at radius 1 is 1.14 bits per heavy atom. The van der Waals surface area contributed by atoms with Gasteiger partial charge in [-0.05, 0) is 55.0 Å². The summed E-state index contributed by atoms with van der Waals surface area (Å²) in [5.41, 5.74) is 3.06. The van der Waals surface area contributed by atoms with E-state index in [9.17, 15) is 9.18 Å². The van der Waals surface area contributed by atoms with E-state index in [1.807, 2.05) is 23.8 Å². The van der Waals surface area contributed by atoms with E-state index < -0.39 is 11.8 Å². The zero-order valence-electron chi connectivity index (χ0n) is 15.9. The second kappa shape index (κ2) is 7.35. The van der Waals surface area contributed by atoms with Gasteiger partial charge in [0.05, 0.1) is 18.4 Å². The van der Waals surface area contributed by atoms with Gasteiger partial charge in [0, 0.05) is 22.8 Å². The molecule has 7 heteroatoms. The summed E-state index contributed by atoms with van der Waals surface area (Å²) < 4.78 is 21.0. The van der Waals surface area contributed by atoms with E-state index in [4.69, 9.17) is 9.84 Å². The molecule has 0 amide bonds. The van der Waals surface area contributed by atoms with Crippen molar-refractivity contribution in [3.8, 4) is 22.8 Å². The Labute approximate surface area is 166 Å². The minimum Gasteiger partial charge on any atom is -0.494 e. The Kier molecular flexibility index (Phi) is 4.72. The van der Waals surface area contributed by atoms with Crippen molar-refractivity contribution in [3.63, 3.8) is 0 Å². The van der Waals surface area contributed by atoms with Crippen molar-refractivity contribution in [1.29, 1.82) is 0 Å². The molecule has 6 nitrogen and oxygen atoms in total. The first-order chi connectivity index (χ1) is 14.0. The number of nitrogens with zero attached hydrogens (tertiary/aromatic N) is 3. The molecular weight excluding hydrogens is 373 g/mol. The second-order valence-corrected chi connectivity index (χ2v) is 6.47. The molecule has 2 aromatic heterocycles. The largest absolute Gasteiger partial charge is 0.494 e. The van der Waals surface area contributed by atoms with Gasteiger partial charge in [0.1, 0.15) is 5.65 Å². The molecule has 0 saturated carbocycles. The van der Waals surface area contributed by atoms with Gasteiger partial charge in [-0.1, -0.05) is 6.92 Å². The van der Waals surface area contributed by atoms with Gasteiger partial charge in [-0.25, -0.2) is 19.2 Å². The van der Waals surface area contributed by atoms with Gasteiger partial charge in [-0.3, -0.25) is 0 Å². The molecule has 0 atom stereocenters. The lowest BCUT2D eigenvalue weighted by Crippen LogP contribution is -2.01. The fourth-order valence-electron chi connectivity index (χ4n) is 3.25. The average Bonchev–Trinajstić information content (AvgIpc) is 3.17. The number of ether oxygens (including phenoxy) is 1. The van der Waals surface area contributed by atoms with Crippen molar-refractivity contribution in [1.82, 2.24) is 14.5 Å². The van der Waals surface area contributed by atoms with E-state index in [1.54, 1.807) is 36.4 Å². The molecule has 2 heterocycles. The van der Waals surface area contributed by atoms with Crippen molar-refractivity contribution in [3.05, 3.63) is 71.8 Å². The van der Waals surface area contributed by atoms with Crippen LogP contribution in [0.4, 0.5) is 4.39 Å². The molecule has 4 aromatic rings. The normalized spacial score (nSPS) is 11.0. The zero-order valence-corrected chi connectivity index (χ0v) is 15.9. The van der Waals surface area contributed by atoms with Crippen LogP contribution in [0, 0.1) is 5.82 Å². The lowest BCUT2D eigenvalue weighted by atomic mass is 10.1. The third kappa shape index (κ3) is 3.31. The van der Waals surface area contributed by atoms with Crippen molar-refractivity contribution in [2.24, 2.45) is 0 Å². The molecule has 0 saturated heterocycles. The van der Waals surface area contributed by atoms with Gasteiger partial charge in [0.15, 0.2) is 17.4 Å². The summed E-state index contributed by atoms with van der Waals surface area (Å²) >= 11 is 0. The summed E-state index contributed by atoms with van der Waals surface area (Å²) in [5.74, 6) is -0.884. The second-order valence-electron chi connectivity index (χ2n) is 6.47. The number of carboxylic acid groups (broad SMARTS) is 1. The number of hydrogen-bond donors (Lipinski definition) is 1. The fourth-order valence-corrected chi connectivity index (χ4v) is 3.25. The molecule has 29 heavy (non-hydrogen) atoms. The first-order valence-corrected chi connectivity index (χ1v) is 9.07. The number of aryl methyl sites for hydroxylation is 1. The SMILES string of the molecule is CCc1nc(-c2ccc(OC)c(F)c2)nc2c1ccn2-c1ccc(C(=O)O)cc1. The highest BCUT2D eigenvalue weighted by atomic mass is 19.1. The van der Waals surface area contributed by atoms with E-state index >= 15 is 0 Å². The maximum atomic E-state index is 14.2. The van der Waals surface area contributed by atoms with Crippen LogP contribution in [-0.4, -0.2) is 32.7 Å². The fraction of sp³-hybridized carbons (Fsp3) is 0.136. The summed E-state index contributed by atoms with van der Waals surface area (Å²) in [5, 5.41) is 10.00. The summed E-state index contributed by atoms with van der Waals surface area (Å²) in [7, 11) is 1.42. The number of hydrogen-bond acceptors (Lipinski definition) is 4. The number of methoxy groups -OCH3 is 1. The molecule has 0 aliphatic carbocycles. The van der Waals surface area contributed by atoms with Crippen LogP contribution in [-0.2, 0) is 6.42 Å². The standard InChI is InChI=1S/C22H18FN3O3/c1-3-18-16-10-11-26(15-7-4-13(5-8-15)22(27)28)21(16)25-20(24-18)14-6-9-19(29-2)17(23)12-14/h4-12H,3H2,1-2H3,(H,27,28). The maximum Gasteiger partial charge on any atom is 0.335 e. The molecule has 0 radical (unpaired) electrons. The molecule has 0 fully saturated rings. The van der Waals surface area contributed by atoms with Crippen LogP contribution >= 0.6 is 0 Å². The van der Waals surface area contributed by atoms with Crippen LogP contribution in [0.5, 0.6) is 5.75 Å². The number of carbonyl (C=O) groups is 1. The van der Waals surface area contributed by atoms with Gasteiger partial charge < -0.3 is 14.4 Å². The average molecular weight is 391 g/mol. The highest BCUT2D eigenvalue weighted by molar-refractivity contribution is 5.88. The van der Waals surface area contributed by atoms with Crippen LogP contribution in [0.25, 0.3) is 28.1 Å². The highest BCUT2D eigenvalue weighted by Crippen LogP contribution is 2.28. The van der Waals surface area contributed by atoms with Gasteiger partial charge in [-0.15, -0.1) is 0 Å². The maximum absolute atomic E-state index is 14.2. The number of aromatic nitrogens is 3. The number of carboxylic acids is 1. The Hall–Kier alpha value is -3.74. The van der Waals surface area contributed by atoms with E-state index in [2.05, 4.69) is 9.97 Å². The Morgan fingerprint density at radius 2 is 1.90 bits per heavy atom. The molecule has 1 N–H and O–H groups in total. The quantitative estimate of drug-likeness (QED) is 0.542. The molecule has 0 spiro atoms. The van der Waals surface area contributed by atoms with Crippen LogP contribution < -0.4 is 4.74 Å². The lowest BCUT2D eigenvalue weighted by molar-refractivity contribution is 0.0697. The number of benzene rings is 2. The van der Waals surface area contributed by atoms with Crippen LogP contribution in [0.15, 0.2) is 54.7 Å². The topological polar surface area (TPSA) is 77.2 Å². The molecule has 4 rings (SSSR count). The van der Waals surface area contributed by atoms with Crippen LogP contribution in [0.3, 0.4) is 0 Å². The van der Waals surface area contributed by atoms with Crippen molar-refractivity contribution in [2.75, 3.05) is 7.11 Å². The number of fused-ring (bicyclic) bond motifs is 1. The Morgan fingerprint density at radius 3 is 2.52 bits per heavy atom. The van der Waals surface area contributed by atoms with Crippen molar-refractivity contribution >= 4 is 17.0 Å². The minimum absolute atomic E-state index is 0.160. The van der Waals surface area contributed by atoms with Crippen LogP contribution in [0.2, 0.25) is 0 Å². The Balaban J connectivity index is 1.87. The van der Waals surface area contributed by atoms with E-state index in [0.29, 0.717) is 23.5 Å². The molecule has 146 valence electrons. The van der Waals surface area contributed by atoms with Gasteiger partial charge in [0.25, 0.3) is 0 Å². The smallest absolute Gasteiger partial charge is 0.335 e. The Bertz CT molecular complexity index is 1220. The molecule has 2 aromatic carbocycles. The number of aromatic carboxylic acids is 1. The van der Waals surface area contributed by atoms with Gasteiger partial charge >= 0.3 is 5.97 Å². The van der Waals surface area contributed by atoms with Gasteiger partial charge in [0.2, 0.25) is 0 Å². The molecule has 0 aliphatic heterocycles. The van der Waals surface area contributed by atoms with E-state index in [0.717, 1.165) is 16.8 Å². The zero-order chi connectivity index (χ0) is 20.5. The highest BCUT2D eigenvalue weighted by Gasteiger charge is 2.15. The minimum atomic E-state index is -0.978. The predicted molar refractivity (Wildman–Crippen MR) is 107 cm³/mol. The number of halogens is 1. The molecule has 0 unspecified atom stereocenters. The third-order valence-electron chi connectivity index (χ3n) is 4.76. The third-order valence-corrected chi connectivity index (χ3v) is 4.76. The first-order valence-electron chi connectivity index (χ1n) is 9.07. The summed E-state index contributed by atoms with van der Waals surface area (Å²) in [6.07, 6.45) is 2.55. The van der Waals surface area contributed by atoms with Gasteiger partial charge in [-0.2, -0.15) is 0 Å². The monoisotopic (exact) mass is 391 g/mol. The lowest BCUT2D eigenvalue weighted by Gasteiger charge is -2.10. The van der Waals surface area contributed by atoms with E-state index in [1.165, 1.54) is 13.2 Å². The predicted octanol–water partition coefficient (Wildman–Crippen LogP) is 4.50. The summed E-state index contributed by atoms with van der Waals surface area (Å²) in [6, 6.07) is 13.1. The number of rotatable bonds is 5. The summed E-state index contributed by atoms with van der Waals surface area (Å²) in [6.45, 7) is 2.00. The van der Waals surface area contributed by atoms with E-state index in [-0.39, 0.29) is 11.3 Å². The van der Waals surface area contributed by atoms with Crippen molar-refractivity contribution < 1.29 is 19.0 Å². The summed E-state index contributed by atoms with van der Waals surface area (Å²) in [4.78, 5) is 20.4. The van der Waals surface area contributed by atoms with Crippen molar-refractivity contribution in [2.45, 2.75) is 13.3 Å². The molecule has 0 bridgehead atoms. The molecule has 0 aliphatic rings. The molecular formula is C22H18FN3O3.